The van der Waals surface area contributed by atoms with Crippen LogP contribution in [-0.2, 0) is 15.6 Å². The third kappa shape index (κ3) is 3.03. The zero-order valence-electron chi connectivity index (χ0n) is 9.88. The number of nitrogens with two attached hydrogens (primary N) is 1. The summed E-state index contributed by atoms with van der Waals surface area (Å²) in [5.74, 6) is -1.04. The monoisotopic (exact) mass is 281 g/mol. The molecule has 0 bridgehead atoms. The summed E-state index contributed by atoms with van der Waals surface area (Å²) in [7, 11) is -3.76. The molecule has 0 spiro atoms. The van der Waals surface area contributed by atoms with Gasteiger partial charge in [-0.2, -0.15) is 0 Å². The highest BCUT2D eigenvalue weighted by molar-refractivity contribution is 7.90. The van der Waals surface area contributed by atoms with Crippen LogP contribution in [-0.4, -0.2) is 13.5 Å². The summed E-state index contributed by atoms with van der Waals surface area (Å²) < 4.78 is 37.4. The minimum Gasteiger partial charge on any atom is -0.508 e. The molecule has 2 aromatic carbocycles. The van der Waals surface area contributed by atoms with Crippen molar-refractivity contribution in [3.63, 3.8) is 0 Å². The number of nitrogen functional groups attached to an aromatic ring is 1. The van der Waals surface area contributed by atoms with Gasteiger partial charge in [0.15, 0.2) is 9.84 Å². The summed E-state index contributed by atoms with van der Waals surface area (Å²) in [6.07, 6.45) is 0. The summed E-state index contributed by atoms with van der Waals surface area (Å²) in [6.45, 7) is 0. The van der Waals surface area contributed by atoms with E-state index in [1.807, 2.05) is 0 Å². The molecule has 0 radical (unpaired) electrons. The topological polar surface area (TPSA) is 80.4 Å². The van der Waals surface area contributed by atoms with E-state index < -0.39 is 15.7 Å². The van der Waals surface area contributed by atoms with Crippen LogP contribution in [0.25, 0.3) is 0 Å². The van der Waals surface area contributed by atoms with Gasteiger partial charge in [0, 0.05) is 0 Å². The van der Waals surface area contributed by atoms with Crippen molar-refractivity contribution in [3.8, 4) is 5.75 Å². The van der Waals surface area contributed by atoms with E-state index in [-0.39, 0.29) is 22.1 Å². The summed E-state index contributed by atoms with van der Waals surface area (Å²) in [5.41, 5.74) is 5.97. The fourth-order valence-electron chi connectivity index (χ4n) is 1.72. The van der Waals surface area contributed by atoms with Crippen molar-refractivity contribution < 1.29 is 17.9 Å². The van der Waals surface area contributed by atoms with Crippen molar-refractivity contribution in [1.29, 1.82) is 0 Å². The number of anilines is 1. The van der Waals surface area contributed by atoms with Crippen LogP contribution in [0, 0.1) is 5.82 Å². The lowest BCUT2D eigenvalue weighted by Gasteiger charge is -2.08. The number of hydrogen-bond donors (Lipinski definition) is 2. The van der Waals surface area contributed by atoms with Crippen LogP contribution >= 0.6 is 0 Å². The number of phenolic OH excluding ortho intramolecular Hbond substituents is 1. The number of sulfone groups is 1. The molecule has 0 unspecified atom stereocenters. The molecule has 0 aliphatic rings. The predicted octanol–water partition coefficient (Wildman–Crippen LogP) is 2.09. The molecule has 0 atom stereocenters. The molecule has 100 valence electrons. The molecule has 0 amide bonds. The number of rotatable bonds is 3. The Labute approximate surface area is 110 Å². The minimum absolute atomic E-state index is 0.00144. The lowest BCUT2D eigenvalue weighted by atomic mass is 10.2. The molecular weight excluding hydrogens is 269 g/mol. The highest BCUT2D eigenvalue weighted by Gasteiger charge is 2.19. The van der Waals surface area contributed by atoms with Gasteiger partial charge in [-0.1, -0.05) is 12.1 Å². The van der Waals surface area contributed by atoms with Crippen molar-refractivity contribution >= 4 is 15.5 Å². The van der Waals surface area contributed by atoms with Gasteiger partial charge in [0.05, 0.1) is 16.3 Å². The van der Waals surface area contributed by atoms with Crippen molar-refractivity contribution in [1.82, 2.24) is 0 Å². The van der Waals surface area contributed by atoms with E-state index in [1.54, 1.807) is 6.07 Å². The molecule has 4 nitrogen and oxygen atoms in total. The Bertz CT molecular complexity index is 714. The average molecular weight is 281 g/mol. The third-order valence-corrected chi connectivity index (χ3v) is 4.31. The van der Waals surface area contributed by atoms with Crippen LogP contribution in [0.2, 0.25) is 0 Å². The molecule has 0 aromatic heterocycles. The van der Waals surface area contributed by atoms with E-state index in [0.717, 1.165) is 12.1 Å². The Kier molecular flexibility index (Phi) is 3.44. The minimum atomic E-state index is -3.76. The second kappa shape index (κ2) is 4.89. The first-order valence-corrected chi connectivity index (χ1v) is 7.09. The van der Waals surface area contributed by atoms with E-state index in [0.29, 0.717) is 5.56 Å². The normalized spacial score (nSPS) is 11.4. The van der Waals surface area contributed by atoms with Gasteiger partial charge in [0.1, 0.15) is 11.6 Å². The predicted molar refractivity (Wildman–Crippen MR) is 69.8 cm³/mol. The van der Waals surface area contributed by atoms with Gasteiger partial charge in [-0.25, -0.2) is 12.8 Å². The van der Waals surface area contributed by atoms with Gasteiger partial charge < -0.3 is 10.8 Å². The second-order valence-electron chi connectivity index (χ2n) is 4.11. The molecule has 0 aliphatic heterocycles. The van der Waals surface area contributed by atoms with Crippen LogP contribution in [0.4, 0.5) is 10.1 Å². The standard InChI is InChI=1S/C13H12FNO3S/c14-10-4-5-12(15)13(7-10)19(17,18)8-9-2-1-3-11(16)6-9/h1-7,16H,8,15H2. The first-order chi connectivity index (χ1) is 8.88. The highest BCUT2D eigenvalue weighted by Crippen LogP contribution is 2.24. The number of aromatic hydroxyl groups is 1. The van der Waals surface area contributed by atoms with Crippen LogP contribution in [0.5, 0.6) is 5.75 Å². The van der Waals surface area contributed by atoms with E-state index in [4.69, 9.17) is 5.73 Å². The summed E-state index contributed by atoms with van der Waals surface area (Å²) in [6, 6.07) is 9.09. The quantitative estimate of drug-likeness (QED) is 0.844. The molecule has 0 heterocycles. The number of phenols is 1. The lowest BCUT2D eigenvalue weighted by molar-refractivity contribution is 0.475. The van der Waals surface area contributed by atoms with E-state index >= 15 is 0 Å². The summed E-state index contributed by atoms with van der Waals surface area (Å²) >= 11 is 0. The van der Waals surface area contributed by atoms with Gasteiger partial charge >= 0.3 is 0 Å². The highest BCUT2D eigenvalue weighted by atomic mass is 32.2. The van der Waals surface area contributed by atoms with Crippen LogP contribution in [0.3, 0.4) is 0 Å². The van der Waals surface area contributed by atoms with Crippen LogP contribution in [0.15, 0.2) is 47.4 Å². The maximum Gasteiger partial charge on any atom is 0.184 e. The smallest absolute Gasteiger partial charge is 0.184 e. The molecule has 0 saturated heterocycles. The number of hydrogen-bond acceptors (Lipinski definition) is 4. The Morgan fingerprint density at radius 2 is 1.89 bits per heavy atom. The van der Waals surface area contributed by atoms with Crippen molar-refractivity contribution in [3.05, 3.63) is 53.8 Å². The van der Waals surface area contributed by atoms with Gasteiger partial charge in [-0.05, 0) is 35.9 Å². The molecule has 6 heteroatoms. The van der Waals surface area contributed by atoms with Crippen LogP contribution in [0.1, 0.15) is 5.56 Å². The molecule has 3 N–H and O–H groups in total. The van der Waals surface area contributed by atoms with Gasteiger partial charge in [0.2, 0.25) is 0 Å². The summed E-state index contributed by atoms with van der Waals surface area (Å²) in [4.78, 5) is -0.240. The summed E-state index contributed by atoms with van der Waals surface area (Å²) in [5, 5.41) is 9.30. The Morgan fingerprint density at radius 1 is 1.16 bits per heavy atom. The maximum atomic E-state index is 13.1. The Balaban J connectivity index is 2.40. The largest absolute Gasteiger partial charge is 0.508 e. The number of benzene rings is 2. The third-order valence-electron chi connectivity index (χ3n) is 2.58. The van der Waals surface area contributed by atoms with Crippen LogP contribution < -0.4 is 5.73 Å². The fourth-order valence-corrected chi connectivity index (χ4v) is 3.21. The SMILES string of the molecule is Nc1ccc(F)cc1S(=O)(=O)Cc1cccc(O)c1. The van der Waals surface area contributed by atoms with E-state index in [2.05, 4.69) is 0 Å². The van der Waals surface area contributed by atoms with E-state index in [1.165, 1.54) is 24.3 Å². The van der Waals surface area contributed by atoms with Crippen molar-refractivity contribution in [2.45, 2.75) is 10.6 Å². The maximum absolute atomic E-state index is 13.1. The molecule has 0 fully saturated rings. The molecule has 0 saturated carbocycles. The second-order valence-corrected chi connectivity index (χ2v) is 6.07. The fraction of sp³-hybridized carbons (Fsp3) is 0.0769. The zero-order chi connectivity index (χ0) is 14.0. The van der Waals surface area contributed by atoms with E-state index in [9.17, 15) is 17.9 Å². The molecular formula is C13H12FNO3S. The number of halogens is 1. The first-order valence-electron chi connectivity index (χ1n) is 5.44. The van der Waals surface area contributed by atoms with Gasteiger partial charge in [0.25, 0.3) is 0 Å². The van der Waals surface area contributed by atoms with Crippen molar-refractivity contribution in [2.75, 3.05) is 5.73 Å². The molecule has 0 aliphatic carbocycles. The Morgan fingerprint density at radius 3 is 2.58 bits per heavy atom. The molecule has 2 rings (SSSR count). The van der Waals surface area contributed by atoms with Gasteiger partial charge in [-0.15, -0.1) is 0 Å². The Hall–Kier alpha value is -2.08. The lowest BCUT2D eigenvalue weighted by Crippen LogP contribution is -2.08. The zero-order valence-corrected chi connectivity index (χ0v) is 10.7. The first kappa shape index (κ1) is 13.4. The van der Waals surface area contributed by atoms with Gasteiger partial charge in [-0.3, -0.25) is 0 Å². The molecule has 2 aromatic rings. The molecule has 19 heavy (non-hydrogen) atoms. The average Bonchev–Trinajstić information content (AvgIpc) is 2.31. The van der Waals surface area contributed by atoms with Crippen molar-refractivity contribution in [2.24, 2.45) is 0 Å².